The van der Waals surface area contributed by atoms with Crippen molar-refractivity contribution in [3.63, 3.8) is 0 Å². The van der Waals surface area contributed by atoms with E-state index >= 15 is 0 Å². The molecular formula is C21H22N2O3. The fourth-order valence-corrected chi connectivity index (χ4v) is 2.46. The van der Waals surface area contributed by atoms with Crippen LogP contribution in [0.3, 0.4) is 0 Å². The van der Waals surface area contributed by atoms with Crippen molar-refractivity contribution in [1.29, 1.82) is 5.26 Å². The third-order valence-electron chi connectivity index (χ3n) is 4.26. The average Bonchev–Trinajstić information content (AvgIpc) is 2.67. The molecule has 0 saturated heterocycles. The summed E-state index contributed by atoms with van der Waals surface area (Å²) in [6.07, 6.45) is 0.0129. The number of ether oxygens (including phenoxy) is 1. The van der Waals surface area contributed by atoms with Crippen molar-refractivity contribution < 1.29 is 14.3 Å². The monoisotopic (exact) mass is 350 g/mol. The van der Waals surface area contributed by atoms with Crippen LogP contribution in [0.5, 0.6) is 0 Å². The summed E-state index contributed by atoms with van der Waals surface area (Å²) in [5.41, 5.74) is 2.53. The van der Waals surface area contributed by atoms with Gasteiger partial charge in [0.1, 0.15) is 0 Å². The van der Waals surface area contributed by atoms with Gasteiger partial charge in [-0.3, -0.25) is 4.79 Å². The molecule has 1 amide bonds. The SMILES string of the molecule is CC[C@@H](C)c1ccccc1NC(=O)[C@H](C)OC(=O)c1ccc(C#N)cc1. The number of amides is 1. The highest BCUT2D eigenvalue weighted by atomic mass is 16.5. The van der Waals surface area contributed by atoms with E-state index in [0.29, 0.717) is 17.0 Å². The Bertz CT molecular complexity index is 822. The van der Waals surface area contributed by atoms with E-state index in [2.05, 4.69) is 19.2 Å². The third-order valence-corrected chi connectivity index (χ3v) is 4.26. The molecule has 2 aromatic carbocycles. The summed E-state index contributed by atoms with van der Waals surface area (Å²) in [7, 11) is 0. The molecule has 0 aliphatic heterocycles. The minimum atomic E-state index is -0.942. The number of benzene rings is 2. The van der Waals surface area contributed by atoms with Crippen molar-refractivity contribution in [1.82, 2.24) is 0 Å². The van der Waals surface area contributed by atoms with Gasteiger partial charge in [0.2, 0.25) is 0 Å². The smallest absolute Gasteiger partial charge is 0.338 e. The van der Waals surface area contributed by atoms with Crippen molar-refractivity contribution in [3.8, 4) is 6.07 Å². The van der Waals surface area contributed by atoms with E-state index in [0.717, 1.165) is 17.7 Å². The van der Waals surface area contributed by atoms with Crippen LogP contribution in [0.15, 0.2) is 48.5 Å². The molecule has 0 fully saturated rings. The van der Waals surface area contributed by atoms with Gasteiger partial charge in [-0.05, 0) is 55.2 Å². The quantitative estimate of drug-likeness (QED) is 0.790. The lowest BCUT2D eigenvalue weighted by Gasteiger charge is -2.18. The molecule has 2 rings (SSSR count). The average molecular weight is 350 g/mol. The van der Waals surface area contributed by atoms with Crippen LogP contribution in [0.2, 0.25) is 0 Å². The fraction of sp³-hybridized carbons (Fsp3) is 0.286. The lowest BCUT2D eigenvalue weighted by atomic mass is 9.97. The molecule has 0 heterocycles. The molecule has 0 unspecified atom stereocenters. The molecule has 2 atom stereocenters. The maximum Gasteiger partial charge on any atom is 0.338 e. The van der Waals surface area contributed by atoms with Crippen LogP contribution in [0, 0.1) is 11.3 Å². The zero-order valence-electron chi connectivity index (χ0n) is 15.2. The second kappa shape index (κ2) is 8.82. The van der Waals surface area contributed by atoms with Crippen LogP contribution in [0.25, 0.3) is 0 Å². The first-order valence-corrected chi connectivity index (χ1v) is 8.57. The number of nitrogens with one attached hydrogen (secondary N) is 1. The number of para-hydroxylation sites is 1. The molecule has 0 aliphatic rings. The van der Waals surface area contributed by atoms with Crippen molar-refractivity contribution in [2.45, 2.75) is 39.2 Å². The molecule has 0 radical (unpaired) electrons. The van der Waals surface area contributed by atoms with Gasteiger partial charge in [-0.25, -0.2) is 4.79 Å². The fourth-order valence-electron chi connectivity index (χ4n) is 2.46. The zero-order valence-corrected chi connectivity index (χ0v) is 15.2. The minimum absolute atomic E-state index is 0.295. The normalized spacial score (nSPS) is 12.5. The number of nitrogens with zero attached hydrogens (tertiary/aromatic N) is 1. The molecule has 26 heavy (non-hydrogen) atoms. The van der Waals surface area contributed by atoms with E-state index in [1.165, 1.54) is 31.2 Å². The Balaban J connectivity index is 2.04. The molecule has 2 aromatic rings. The highest BCUT2D eigenvalue weighted by Gasteiger charge is 2.20. The number of hydrogen-bond acceptors (Lipinski definition) is 4. The summed E-state index contributed by atoms with van der Waals surface area (Å²) in [4.78, 5) is 24.6. The largest absolute Gasteiger partial charge is 0.449 e. The second-order valence-corrected chi connectivity index (χ2v) is 6.12. The topological polar surface area (TPSA) is 79.2 Å². The van der Waals surface area contributed by atoms with Crippen LogP contribution in [0.4, 0.5) is 5.69 Å². The van der Waals surface area contributed by atoms with E-state index in [4.69, 9.17) is 10.00 Å². The molecular weight excluding hydrogens is 328 g/mol. The van der Waals surface area contributed by atoms with Gasteiger partial charge in [0.05, 0.1) is 17.2 Å². The molecule has 0 spiro atoms. The van der Waals surface area contributed by atoms with Crippen LogP contribution < -0.4 is 5.32 Å². The molecule has 0 aliphatic carbocycles. The lowest BCUT2D eigenvalue weighted by Crippen LogP contribution is -2.30. The number of carbonyl (C=O) groups is 2. The van der Waals surface area contributed by atoms with Crippen molar-refractivity contribution in [2.75, 3.05) is 5.32 Å². The highest BCUT2D eigenvalue weighted by molar-refractivity contribution is 5.97. The van der Waals surface area contributed by atoms with E-state index in [9.17, 15) is 9.59 Å². The molecule has 134 valence electrons. The first-order chi connectivity index (χ1) is 12.5. The van der Waals surface area contributed by atoms with E-state index in [-0.39, 0.29) is 5.91 Å². The van der Waals surface area contributed by atoms with Crippen LogP contribution in [-0.2, 0) is 9.53 Å². The van der Waals surface area contributed by atoms with E-state index in [1.807, 2.05) is 30.3 Å². The standard InChI is InChI=1S/C21H22N2O3/c1-4-14(2)18-7-5-6-8-19(18)23-20(24)15(3)26-21(25)17-11-9-16(13-22)10-12-17/h5-12,14-15H,4H2,1-3H3,(H,23,24)/t14-,15+/m1/s1. The van der Waals surface area contributed by atoms with E-state index < -0.39 is 12.1 Å². The summed E-state index contributed by atoms with van der Waals surface area (Å²) in [5, 5.41) is 11.6. The number of anilines is 1. The highest BCUT2D eigenvalue weighted by Crippen LogP contribution is 2.26. The molecule has 5 nitrogen and oxygen atoms in total. The first kappa shape index (κ1) is 19.2. The Morgan fingerprint density at radius 1 is 1.12 bits per heavy atom. The van der Waals surface area contributed by atoms with Crippen molar-refractivity contribution in [3.05, 3.63) is 65.2 Å². The summed E-state index contributed by atoms with van der Waals surface area (Å²) >= 11 is 0. The molecule has 0 bridgehead atoms. The van der Waals surface area contributed by atoms with Gasteiger partial charge < -0.3 is 10.1 Å². The van der Waals surface area contributed by atoms with Crippen LogP contribution in [0.1, 0.15) is 54.6 Å². The number of esters is 1. The molecule has 1 N–H and O–H groups in total. The van der Waals surface area contributed by atoms with Crippen molar-refractivity contribution >= 4 is 17.6 Å². The third kappa shape index (κ3) is 4.70. The minimum Gasteiger partial charge on any atom is -0.449 e. The van der Waals surface area contributed by atoms with E-state index in [1.54, 1.807) is 0 Å². The maximum atomic E-state index is 12.4. The number of nitriles is 1. The van der Waals surface area contributed by atoms with Gasteiger partial charge in [-0.2, -0.15) is 5.26 Å². The predicted octanol–water partition coefficient (Wildman–Crippen LogP) is 4.26. The Kier molecular flexibility index (Phi) is 6.51. The maximum absolute atomic E-state index is 12.4. The first-order valence-electron chi connectivity index (χ1n) is 8.57. The second-order valence-electron chi connectivity index (χ2n) is 6.12. The molecule has 0 saturated carbocycles. The summed E-state index contributed by atoms with van der Waals surface area (Å²) in [6.45, 7) is 5.72. The number of carbonyl (C=O) groups excluding carboxylic acids is 2. The Labute approximate surface area is 153 Å². The Morgan fingerprint density at radius 3 is 2.38 bits per heavy atom. The van der Waals surface area contributed by atoms with Gasteiger partial charge in [0.25, 0.3) is 5.91 Å². The summed E-state index contributed by atoms with van der Waals surface area (Å²) in [5.74, 6) is -0.682. The van der Waals surface area contributed by atoms with Crippen LogP contribution >= 0.6 is 0 Å². The predicted molar refractivity (Wildman–Crippen MR) is 99.8 cm³/mol. The number of hydrogen-bond donors (Lipinski definition) is 1. The summed E-state index contributed by atoms with van der Waals surface area (Å²) in [6, 6.07) is 15.7. The summed E-state index contributed by atoms with van der Waals surface area (Å²) < 4.78 is 5.24. The lowest BCUT2D eigenvalue weighted by molar-refractivity contribution is -0.123. The number of rotatable bonds is 6. The van der Waals surface area contributed by atoms with Gasteiger partial charge in [-0.1, -0.05) is 32.0 Å². The zero-order chi connectivity index (χ0) is 19.1. The van der Waals surface area contributed by atoms with Gasteiger partial charge in [0.15, 0.2) is 6.10 Å². The van der Waals surface area contributed by atoms with Crippen LogP contribution in [-0.4, -0.2) is 18.0 Å². The van der Waals surface area contributed by atoms with Gasteiger partial charge in [-0.15, -0.1) is 0 Å². The Hall–Kier alpha value is -3.13. The van der Waals surface area contributed by atoms with Gasteiger partial charge in [0, 0.05) is 5.69 Å². The molecule has 5 heteroatoms. The van der Waals surface area contributed by atoms with Gasteiger partial charge >= 0.3 is 5.97 Å². The Morgan fingerprint density at radius 2 is 1.77 bits per heavy atom. The van der Waals surface area contributed by atoms with Crippen molar-refractivity contribution in [2.24, 2.45) is 0 Å². The molecule has 0 aromatic heterocycles.